The van der Waals surface area contributed by atoms with E-state index in [0.29, 0.717) is 16.4 Å². The van der Waals surface area contributed by atoms with Gasteiger partial charge in [0, 0.05) is 5.02 Å². The zero-order valence-electron chi connectivity index (χ0n) is 13.8. The zero-order chi connectivity index (χ0) is 17.2. The maximum atomic E-state index is 6.00. The van der Waals surface area contributed by atoms with Crippen molar-refractivity contribution >= 4 is 23.4 Å². The van der Waals surface area contributed by atoms with Crippen molar-refractivity contribution in [2.75, 3.05) is 11.5 Å². The molecule has 0 atom stereocenters. The fraction of sp³-hybridized carbons (Fsp3) is 0.333. The second-order valence-electron chi connectivity index (χ2n) is 6.26. The molecule has 1 heterocycles. The van der Waals surface area contributed by atoms with Gasteiger partial charge in [0.15, 0.2) is 0 Å². The predicted molar refractivity (Wildman–Crippen MR) is 96.3 cm³/mol. The third-order valence-electron chi connectivity index (χ3n) is 3.60. The van der Waals surface area contributed by atoms with E-state index in [1.807, 2.05) is 52.0 Å². The summed E-state index contributed by atoms with van der Waals surface area (Å²) < 4.78 is 0. The van der Waals surface area contributed by atoms with Gasteiger partial charge in [-0.2, -0.15) is 4.98 Å². The summed E-state index contributed by atoms with van der Waals surface area (Å²) >= 11 is 5.94. The third-order valence-corrected chi connectivity index (χ3v) is 3.85. The first-order valence-corrected chi connectivity index (χ1v) is 7.80. The van der Waals surface area contributed by atoms with E-state index in [1.54, 1.807) is 0 Å². The number of halogens is 1. The van der Waals surface area contributed by atoms with Crippen LogP contribution in [0.2, 0.25) is 5.02 Å². The van der Waals surface area contributed by atoms with Crippen molar-refractivity contribution in [1.82, 2.24) is 9.97 Å². The summed E-state index contributed by atoms with van der Waals surface area (Å²) in [6.45, 7) is 8.15. The molecule has 0 bridgehead atoms. The van der Waals surface area contributed by atoms with Crippen LogP contribution < -0.4 is 11.5 Å². The normalized spacial score (nSPS) is 11.2. The van der Waals surface area contributed by atoms with E-state index in [2.05, 4.69) is 21.8 Å². The molecule has 0 saturated heterocycles. The van der Waals surface area contributed by atoms with Gasteiger partial charge in [-0.1, -0.05) is 49.4 Å². The number of benzene rings is 1. The molecule has 0 radical (unpaired) electrons. The van der Waals surface area contributed by atoms with Gasteiger partial charge in [0.25, 0.3) is 0 Å². The summed E-state index contributed by atoms with van der Waals surface area (Å²) in [5.74, 6) is 7.08. The maximum Gasteiger partial charge on any atom is 0.222 e. The Bertz CT molecular complexity index is 768. The van der Waals surface area contributed by atoms with Gasteiger partial charge in [-0.3, -0.25) is 0 Å². The molecule has 4 nitrogen and oxygen atoms in total. The van der Waals surface area contributed by atoms with E-state index in [-0.39, 0.29) is 17.3 Å². The molecule has 1 aromatic heterocycles. The summed E-state index contributed by atoms with van der Waals surface area (Å²) in [4.78, 5) is 8.31. The minimum Gasteiger partial charge on any atom is -0.382 e. The summed E-state index contributed by atoms with van der Waals surface area (Å²) in [6, 6.07) is 7.67. The molecule has 120 valence electrons. The van der Waals surface area contributed by atoms with E-state index in [4.69, 9.17) is 23.1 Å². The van der Waals surface area contributed by atoms with Crippen molar-refractivity contribution < 1.29 is 0 Å². The molecule has 4 N–H and O–H groups in total. The van der Waals surface area contributed by atoms with Crippen LogP contribution >= 0.6 is 11.6 Å². The van der Waals surface area contributed by atoms with Crippen LogP contribution in [0.4, 0.5) is 11.8 Å². The second-order valence-corrected chi connectivity index (χ2v) is 6.70. The van der Waals surface area contributed by atoms with Crippen LogP contribution in [0.1, 0.15) is 50.4 Å². The first-order valence-electron chi connectivity index (χ1n) is 7.43. The van der Waals surface area contributed by atoms with Crippen LogP contribution in [0, 0.1) is 11.8 Å². The molecular formula is C18H21ClN4. The standard InChI is InChI=1S/C18H21ClN4/c1-11(2)15-14(16(20)23-17(21)22-15)9-10-18(3,4)12-5-7-13(19)8-6-12/h5-8,11H,1-4H3,(H4,20,21,22,23). The highest BCUT2D eigenvalue weighted by atomic mass is 35.5. The van der Waals surface area contributed by atoms with Gasteiger partial charge in [-0.05, 0) is 37.5 Å². The Kier molecular flexibility index (Phi) is 4.82. The van der Waals surface area contributed by atoms with E-state index < -0.39 is 0 Å². The first-order chi connectivity index (χ1) is 10.7. The van der Waals surface area contributed by atoms with Gasteiger partial charge in [-0.25, -0.2) is 4.98 Å². The summed E-state index contributed by atoms with van der Waals surface area (Å²) in [5, 5.41) is 0.704. The van der Waals surface area contributed by atoms with E-state index in [9.17, 15) is 0 Å². The largest absolute Gasteiger partial charge is 0.382 e. The van der Waals surface area contributed by atoms with E-state index in [1.165, 1.54) is 0 Å². The molecule has 5 heteroatoms. The Morgan fingerprint density at radius 2 is 1.70 bits per heavy atom. The van der Waals surface area contributed by atoms with Crippen molar-refractivity contribution in [3.05, 3.63) is 46.1 Å². The van der Waals surface area contributed by atoms with Gasteiger partial charge in [-0.15, -0.1) is 0 Å². The molecule has 2 rings (SSSR count). The summed E-state index contributed by atoms with van der Waals surface area (Å²) in [6.07, 6.45) is 0. The number of aromatic nitrogens is 2. The Morgan fingerprint density at radius 1 is 1.09 bits per heavy atom. The average Bonchev–Trinajstić information content (AvgIpc) is 2.45. The fourth-order valence-corrected chi connectivity index (χ4v) is 2.34. The quantitative estimate of drug-likeness (QED) is 0.823. The molecule has 0 fully saturated rings. The Morgan fingerprint density at radius 3 is 2.26 bits per heavy atom. The molecule has 23 heavy (non-hydrogen) atoms. The van der Waals surface area contributed by atoms with Crippen molar-refractivity contribution in [2.45, 2.75) is 39.0 Å². The minimum absolute atomic E-state index is 0.158. The number of rotatable bonds is 2. The number of hydrogen-bond donors (Lipinski definition) is 2. The first kappa shape index (κ1) is 17.1. The molecule has 0 spiro atoms. The van der Waals surface area contributed by atoms with Gasteiger partial charge < -0.3 is 11.5 Å². The van der Waals surface area contributed by atoms with Crippen LogP contribution in [0.3, 0.4) is 0 Å². The van der Waals surface area contributed by atoms with Crippen LogP contribution in [-0.4, -0.2) is 9.97 Å². The molecule has 2 aromatic rings. The Balaban J connectivity index is 2.47. The number of nitrogen functional groups attached to an aromatic ring is 2. The Hall–Kier alpha value is -2.25. The summed E-state index contributed by atoms with van der Waals surface area (Å²) in [7, 11) is 0. The van der Waals surface area contributed by atoms with E-state index in [0.717, 1.165) is 11.3 Å². The van der Waals surface area contributed by atoms with Crippen LogP contribution in [-0.2, 0) is 5.41 Å². The van der Waals surface area contributed by atoms with Crippen molar-refractivity contribution in [3.63, 3.8) is 0 Å². The third kappa shape index (κ3) is 3.94. The average molecular weight is 329 g/mol. The SMILES string of the molecule is CC(C)c1nc(N)nc(N)c1C#CC(C)(C)c1ccc(Cl)cc1. The molecule has 0 aliphatic rings. The van der Waals surface area contributed by atoms with Crippen molar-refractivity contribution in [3.8, 4) is 11.8 Å². The second kappa shape index (κ2) is 6.47. The number of hydrogen-bond acceptors (Lipinski definition) is 4. The molecule has 0 unspecified atom stereocenters. The highest BCUT2D eigenvalue weighted by Gasteiger charge is 2.18. The van der Waals surface area contributed by atoms with Crippen molar-refractivity contribution in [1.29, 1.82) is 0 Å². The molecule has 1 aromatic carbocycles. The molecule has 0 amide bonds. The topological polar surface area (TPSA) is 77.8 Å². The lowest BCUT2D eigenvalue weighted by molar-refractivity contribution is 0.698. The van der Waals surface area contributed by atoms with Gasteiger partial charge >= 0.3 is 0 Å². The van der Waals surface area contributed by atoms with Gasteiger partial charge in [0.1, 0.15) is 5.82 Å². The molecule has 0 saturated carbocycles. The minimum atomic E-state index is -0.354. The highest BCUT2D eigenvalue weighted by molar-refractivity contribution is 6.30. The van der Waals surface area contributed by atoms with Crippen molar-refractivity contribution in [2.24, 2.45) is 0 Å². The lowest BCUT2D eigenvalue weighted by Gasteiger charge is -2.18. The molecule has 0 aliphatic heterocycles. The van der Waals surface area contributed by atoms with Crippen LogP contribution in [0.5, 0.6) is 0 Å². The number of nitrogens with two attached hydrogens (primary N) is 2. The fourth-order valence-electron chi connectivity index (χ4n) is 2.22. The zero-order valence-corrected chi connectivity index (χ0v) is 14.6. The number of anilines is 2. The van der Waals surface area contributed by atoms with E-state index >= 15 is 0 Å². The van der Waals surface area contributed by atoms with Gasteiger partial charge in [0.2, 0.25) is 5.95 Å². The number of nitrogens with zero attached hydrogens (tertiary/aromatic N) is 2. The molecular weight excluding hydrogens is 308 g/mol. The van der Waals surface area contributed by atoms with Crippen LogP contribution in [0.25, 0.3) is 0 Å². The lowest BCUT2D eigenvalue weighted by Crippen LogP contribution is -2.14. The van der Waals surface area contributed by atoms with Crippen LogP contribution in [0.15, 0.2) is 24.3 Å². The predicted octanol–water partition coefficient (Wildman–Crippen LogP) is 3.75. The monoisotopic (exact) mass is 328 g/mol. The van der Waals surface area contributed by atoms with Gasteiger partial charge in [0.05, 0.1) is 16.7 Å². The smallest absolute Gasteiger partial charge is 0.222 e. The molecule has 0 aliphatic carbocycles. The highest BCUT2D eigenvalue weighted by Crippen LogP contribution is 2.26. The Labute approximate surface area is 142 Å². The summed E-state index contributed by atoms with van der Waals surface area (Å²) in [5.41, 5.74) is 13.8. The maximum absolute atomic E-state index is 6.00. The lowest BCUT2D eigenvalue weighted by atomic mass is 9.85.